The van der Waals surface area contributed by atoms with Crippen molar-refractivity contribution in [3.63, 3.8) is 0 Å². The summed E-state index contributed by atoms with van der Waals surface area (Å²) in [6.45, 7) is 1.82. The maximum atomic E-state index is 10.9. The minimum atomic E-state index is -0.196. The van der Waals surface area contributed by atoms with E-state index < -0.39 is 0 Å². The first-order valence-corrected chi connectivity index (χ1v) is 3.99. The van der Waals surface area contributed by atoms with Gasteiger partial charge in [0, 0.05) is 12.4 Å². The molecule has 1 amide bonds. The number of carbonyl (C=O) groups excluding carboxylic acids is 1. The lowest BCUT2D eigenvalue weighted by molar-refractivity contribution is -0.120. The van der Waals surface area contributed by atoms with Gasteiger partial charge in [-0.3, -0.25) is 14.8 Å². The molecule has 1 rings (SSSR count). The second-order valence-corrected chi connectivity index (χ2v) is 2.62. The minimum absolute atomic E-state index is 0.00932. The molecule has 1 aromatic rings. The fraction of sp³-hybridized carbons (Fsp3) is 0.375. The topological polar surface area (TPSA) is 80.9 Å². The average Bonchev–Trinajstić information content (AvgIpc) is 2.19. The Kier molecular flexibility index (Phi) is 3.33. The van der Waals surface area contributed by atoms with Crippen LogP contribution in [0.3, 0.4) is 0 Å². The van der Waals surface area contributed by atoms with Gasteiger partial charge < -0.3 is 11.1 Å². The third-order valence-electron chi connectivity index (χ3n) is 1.59. The molecule has 0 aliphatic rings. The summed E-state index contributed by atoms with van der Waals surface area (Å²) in [4.78, 5) is 18.9. The van der Waals surface area contributed by atoms with Gasteiger partial charge >= 0.3 is 0 Å². The first-order chi connectivity index (χ1) is 6.24. The van der Waals surface area contributed by atoms with Crippen molar-refractivity contribution in [2.45, 2.75) is 13.0 Å². The Morgan fingerprint density at radius 3 is 3.00 bits per heavy atom. The van der Waals surface area contributed by atoms with Gasteiger partial charge in [0.25, 0.3) is 0 Å². The molecular formula is C8H12N4O. The van der Waals surface area contributed by atoms with Crippen LogP contribution < -0.4 is 11.1 Å². The smallest absolute Gasteiger partial charge is 0.234 e. The number of hydrogen-bond donors (Lipinski definition) is 2. The number of rotatable bonds is 3. The molecule has 0 aromatic carbocycles. The van der Waals surface area contributed by atoms with E-state index in [1.807, 2.05) is 6.92 Å². The van der Waals surface area contributed by atoms with Crippen molar-refractivity contribution in [1.29, 1.82) is 0 Å². The standard InChI is InChI=1S/C8H12N4O/c1-6(12-8(13)4-9)7-5-10-2-3-11-7/h2-3,5-6H,4,9H2,1H3,(H,12,13)/t6-/m0/s1. The van der Waals surface area contributed by atoms with Crippen molar-refractivity contribution in [2.24, 2.45) is 5.73 Å². The van der Waals surface area contributed by atoms with Crippen molar-refractivity contribution in [2.75, 3.05) is 6.54 Å². The van der Waals surface area contributed by atoms with Crippen molar-refractivity contribution < 1.29 is 4.79 Å². The monoisotopic (exact) mass is 180 g/mol. The lowest BCUT2D eigenvalue weighted by atomic mass is 10.2. The van der Waals surface area contributed by atoms with E-state index >= 15 is 0 Å². The van der Waals surface area contributed by atoms with E-state index in [4.69, 9.17) is 5.73 Å². The quantitative estimate of drug-likeness (QED) is 0.664. The van der Waals surface area contributed by atoms with E-state index in [1.165, 1.54) is 0 Å². The second-order valence-electron chi connectivity index (χ2n) is 2.62. The van der Waals surface area contributed by atoms with Crippen LogP contribution >= 0.6 is 0 Å². The molecule has 0 saturated carbocycles. The number of hydrogen-bond acceptors (Lipinski definition) is 4. The summed E-state index contributed by atoms with van der Waals surface area (Å²) in [5.41, 5.74) is 5.88. The zero-order valence-corrected chi connectivity index (χ0v) is 7.40. The highest BCUT2D eigenvalue weighted by Gasteiger charge is 2.08. The summed E-state index contributed by atoms with van der Waals surface area (Å²) in [5, 5.41) is 2.68. The number of nitrogens with one attached hydrogen (secondary N) is 1. The van der Waals surface area contributed by atoms with Gasteiger partial charge in [0.1, 0.15) is 0 Å². The Bertz CT molecular complexity index is 275. The Labute approximate surface area is 76.4 Å². The van der Waals surface area contributed by atoms with Gasteiger partial charge in [-0.2, -0.15) is 0 Å². The summed E-state index contributed by atoms with van der Waals surface area (Å²) in [7, 11) is 0. The molecule has 0 saturated heterocycles. The van der Waals surface area contributed by atoms with E-state index in [2.05, 4.69) is 15.3 Å². The number of carbonyl (C=O) groups is 1. The van der Waals surface area contributed by atoms with Gasteiger partial charge in [-0.25, -0.2) is 0 Å². The predicted octanol–water partition coefficient (Wildman–Crippen LogP) is -0.388. The minimum Gasteiger partial charge on any atom is -0.347 e. The van der Waals surface area contributed by atoms with E-state index in [0.717, 1.165) is 5.69 Å². The van der Waals surface area contributed by atoms with Crippen LogP contribution in [-0.4, -0.2) is 22.4 Å². The van der Waals surface area contributed by atoms with Crippen molar-refractivity contribution >= 4 is 5.91 Å². The molecule has 0 unspecified atom stereocenters. The molecule has 70 valence electrons. The molecule has 0 radical (unpaired) electrons. The fourth-order valence-electron chi connectivity index (χ4n) is 0.909. The maximum Gasteiger partial charge on any atom is 0.234 e. The molecule has 0 fully saturated rings. The number of nitrogens with two attached hydrogens (primary N) is 1. The summed E-state index contributed by atoms with van der Waals surface area (Å²) in [6.07, 6.45) is 4.78. The molecular weight excluding hydrogens is 168 g/mol. The number of amides is 1. The van der Waals surface area contributed by atoms with Gasteiger partial charge in [-0.05, 0) is 6.92 Å². The normalized spacial score (nSPS) is 12.2. The summed E-state index contributed by atoms with van der Waals surface area (Å²) in [6, 6.07) is -0.148. The summed E-state index contributed by atoms with van der Waals surface area (Å²) >= 11 is 0. The molecule has 13 heavy (non-hydrogen) atoms. The SMILES string of the molecule is C[C@H](NC(=O)CN)c1cnccn1. The zero-order chi connectivity index (χ0) is 9.68. The van der Waals surface area contributed by atoms with Gasteiger partial charge in [0.15, 0.2) is 0 Å². The number of nitrogens with zero attached hydrogens (tertiary/aromatic N) is 2. The van der Waals surface area contributed by atoms with Gasteiger partial charge in [-0.1, -0.05) is 0 Å². The van der Waals surface area contributed by atoms with Crippen LogP contribution in [0.2, 0.25) is 0 Å². The highest BCUT2D eigenvalue weighted by atomic mass is 16.1. The lowest BCUT2D eigenvalue weighted by Crippen LogP contribution is -2.32. The van der Waals surface area contributed by atoms with Crippen LogP contribution in [0.25, 0.3) is 0 Å². The molecule has 1 aromatic heterocycles. The van der Waals surface area contributed by atoms with Crippen LogP contribution in [0.1, 0.15) is 18.7 Å². The average molecular weight is 180 g/mol. The highest BCUT2D eigenvalue weighted by Crippen LogP contribution is 2.05. The summed E-state index contributed by atoms with van der Waals surface area (Å²) < 4.78 is 0. The Hall–Kier alpha value is -1.49. The molecule has 1 atom stereocenters. The first-order valence-electron chi connectivity index (χ1n) is 3.99. The first kappa shape index (κ1) is 9.60. The van der Waals surface area contributed by atoms with Crippen LogP contribution in [0.4, 0.5) is 0 Å². The maximum absolute atomic E-state index is 10.9. The molecule has 0 aliphatic carbocycles. The van der Waals surface area contributed by atoms with E-state index in [0.29, 0.717) is 0 Å². The van der Waals surface area contributed by atoms with Crippen molar-refractivity contribution in [3.05, 3.63) is 24.3 Å². The molecule has 5 heteroatoms. The van der Waals surface area contributed by atoms with E-state index in [1.54, 1.807) is 18.6 Å². The Balaban J connectivity index is 2.59. The predicted molar refractivity (Wildman–Crippen MR) is 47.6 cm³/mol. The molecule has 3 N–H and O–H groups in total. The van der Waals surface area contributed by atoms with Crippen LogP contribution in [-0.2, 0) is 4.79 Å². The molecule has 0 aliphatic heterocycles. The zero-order valence-electron chi connectivity index (χ0n) is 7.40. The fourth-order valence-corrected chi connectivity index (χ4v) is 0.909. The van der Waals surface area contributed by atoms with Gasteiger partial charge in [0.05, 0.1) is 24.5 Å². The number of aromatic nitrogens is 2. The van der Waals surface area contributed by atoms with E-state index in [9.17, 15) is 4.79 Å². The van der Waals surface area contributed by atoms with Gasteiger partial charge in [-0.15, -0.1) is 0 Å². The van der Waals surface area contributed by atoms with Gasteiger partial charge in [0.2, 0.25) is 5.91 Å². The van der Waals surface area contributed by atoms with E-state index in [-0.39, 0.29) is 18.5 Å². The third kappa shape index (κ3) is 2.79. The highest BCUT2D eigenvalue weighted by molar-refractivity contribution is 5.78. The molecule has 0 bridgehead atoms. The van der Waals surface area contributed by atoms with Crippen molar-refractivity contribution in [3.8, 4) is 0 Å². The molecule has 0 spiro atoms. The lowest BCUT2D eigenvalue weighted by Gasteiger charge is -2.11. The largest absolute Gasteiger partial charge is 0.347 e. The summed E-state index contributed by atoms with van der Waals surface area (Å²) in [5.74, 6) is -0.196. The van der Waals surface area contributed by atoms with Crippen LogP contribution in [0, 0.1) is 0 Å². The van der Waals surface area contributed by atoms with Crippen LogP contribution in [0.5, 0.6) is 0 Å². The Morgan fingerprint density at radius 2 is 2.46 bits per heavy atom. The van der Waals surface area contributed by atoms with Crippen molar-refractivity contribution in [1.82, 2.24) is 15.3 Å². The molecule has 1 heterocycles. The Morgan fingerprint density at radius 1 is 1.69 bits per heavy atom. The third-order valence-corrected chi connectivity index (χ3v) is 1.59. The molecule has 5 nitrogen and oxygen atoms in total. The second kappa shape index (κ2) is 4.51. The van der Waals surface area contributed by atoms with Crippen LogP contribution in [0.15, 0.2) is 18.6 Å².